The fraction of sp³-hybridized carbons (Fsp3) is 0. The fourth-order valence-corrected chi connectivity index (χ4v) is 0. The van der Waals surface area contributed by atoms with Crippen LogP contribution < -0.4 is 49.6 Å². The van der Waals surface area contributed by atoms with Crippen LogP contribution in [0, 0.1) is 0 Å². The number of hydrogen-bond donors (Lipinski definition) is 0. The zero-order valence-electron chi connectivity index (χ0n) is 2.60. The first kappa shape index (κ1) is 65.2. The van der Waals surface area contributed by atoms with Crippen molar-refractivity contribution in [3.8, 4) is 0 Å². The minimum Gasteiger partial charge on any atom is -1.00 e. The van der Waals surface area contributed by atoms with Gasteiger partial charge in [-0.05, 0) is 0 Å². The van der Waals surface area contributed by atoms with Gasteiger partial charge >= 0.3 is 54.8 Å². The van der Waals surface area contributed by atoms with Gasteiger partial charge in [0.05, 0.1) is 0 Å². The van der Waals surface area contributed by atoms with Gasteiger partial charge in [-0.25, -0.2) is 0 Å². The van der Waals surface area contributed by atoms with Crippen LogP contribution in [-0.2, 0) is 17.1 Å². The van der Waals surface area contributed by atoms with Crippen LogP contribution in [0.1, 0.15) is 0 Å². The third-order valence-corrected chi connectivity index (χ3v) is 0. The van der Waals surface area contributed by atoms with E-state index in [-0.39, 0.29) is 104 Å². The molecule has 0 aromatic carbocycles. The maximum absolute atomic E-state index is 0. The van der Waals surface area contributed by atoms with E-state index in [4.69, 9.17) is 0 Å². The van der Waals surface area contributed by atoms with E-state index in [0.29, 0.717) is 0 Å². The van der Waals surface area contributed by atoms with Crippen molar-refractivity contribution in [3.05, 3.63) is 0 Å². The molecule has 0 saturated carbocycles. The molecular weight excluding hydrogens is 237 g/mol. The van der Waals surface area contributed by atoms with Gasteiger partial charge in [-0.2, -0.15) is 0 Å². The van der Waals surface area contributed by atoms with Crippen molar-refractivity contribution in [1.29, 1.82) is 0 Å². The summed E-state index contributed by atoms with van der Waals surface area (Å²) in [7, 11) is 0. The van der Waals surface area contributed by atoms with Crippen LogP contribution in [0.2, 0.25) is 0 Å². The van der Waals surface area contributed by atoms with Crippen LogP contribution in [0.4, 0.5) is 0 Å². The maximum atomic E-state index is 0. The van der Waals surface area contributed by atoms with E-state index >= 15 is 0 Å². The van der Waals surface area contributed by atoms with Crippen LogP contribution in [0.5, 0.6) is 0 Å². The summed E-state index contributed by atoms with van der Waals surface area (Å²) in [5.74, 6) is 0. The Bertz CT molecular complexity index is 7.51. The zero-order chi connectivity index (χ0) is 0. The van der Waals surface area contributed by atoms with E-state index in [1.165, 1.54) is 0 Å². The Labute approximate surface area is 103 Å². The van der Waals surface area contributed by atoms with E-state index in [0.717, 1.165) is 0 Å². The molecule has 0 amide bonds. The number of hydrogen-bond acceptors (Lipinski definition) is 0. The average Bonchev–Trinajstić information content (AvgIpc) is 0. The minimum absolute atomic E-state index is 0. The van der Waals surface area contributed by atoms with Gasteiger partial charge in [0.15, 0.2) is 0 Å². The molecule has 0 unspecified atom stereocenters. The van der Waals surface area contributed by atoms with Crippen molar-refractivity contribution >= 4 is 37.7 Å². The van der Waals surface area contributed by atoms with E-state index in [9.17, 15) is 0 Å². The van der Waals surface area contributed by atoms with E-state index in [1.807, 2.05) is 0 Å². The Morgan fingerprint density at radius 1 is 0.500 bits per heavy atom. The Morgan fingerprint density at radius 2 is 0.500 bits per heavy atom. The van der Waals surface area contributed by atoms with Crippen molar-refractivity contribution in [2.45, 2.75) is 0 Å². The van der Waals surface area contributed by atoms with Crippen molar-refractivity contribution in [3.63, 3.8) is 0 Å². The summed E-state index contributed by atoms with van der Waals surface area (Å²) >= 11 is 0. The van der Waals surface area contributed by atoms with Gasteiger partial charge in [0.1, 0.15) is 0 Å². The summed E-state index contributed by atoms with van der Waals surface area (Å²) in [4.78, 5) is 0. The van der Waals surface area contributed by atoms with Gasteiger partial charge in [0.25, 0.3) is 0 Å². The molecule has 0 aromatic rings. The minimum atomic E-state index is 0. The Hall–Kier alpha value is 2.94. The third-order valence-electron chi connectivity index (χ3n) is 0. The topological polar surface area (TPSA) is 0 Å². The molecule has 0 aliphatic rings. The Morgan fingerprint density at radius 3 is 0.500 bits per heavy atom. The molecule has 0 rings (SSSR count). The Kier molecular flexibility index (Phi) is 481. The molecule has 1 radical (unpaired) electrons. The molecule has 0 N–H and O–H groups in total. The predicted molar refractivity (Wildman–Crippen MR) is 5.75 cm³/mol. The average molecular weight is 237 g/mol. The molecule has 0 aromatic heterocycles. The van der Waals surface area contributed by atoms with Crippen LogP contribution in [0.15, 0.2) is 0 Å². The Balaban J connectivity index is 0. The molecule has 0 bridgehead atoms. The maximum Gasteiger partial charge on any atom is 2.00 e. The molecule has 37 valence electrons. The van der Waals surface area contributed by atoms with Crippen LogP contribution in [-0.4, -0.2) is 37.7 Å². The fourth-order valence-electron chi connectivity index (χ4n) is 0. The summed E-state index contributed by atoms with van der Waals surface area (Å²) in [6.07, 6.45) is 0. The second-order valence-electron chi connectivity index (χ2n) is 0. The summed E-state index contributed by atoms with van der Waals surface area (Å²) < 4.78 is 0. The van der Waals surface area contributed by atoms with Crippen molar-refractivity contribution in [1.82, 2.24) is 0 Å². The molecule has 0 aliphatic heterocycles. The molecule has 0 fully saturated rings. The SMILES string of the molecule is [Ca+2].[Cl-].[Cl-].[Cl-].[Cl-].[Mn+2]. The largest absolute Gasteiger partial charge is 2.00 e. The predicted octanol–water partition coefficient (Wildman–Crippen LogP) is -12.4. The molecule has 0 spiro atoms. The monoisotopic (exact) mass is 235 g/mol. The van der Waals surface area contributed by atoms with Crippen LogP contribution in [0.3, 0.4) is 0 Å². The van der Waals surface area contributed by atoms with Crippen molar-refractivity contribution in [2.75, 3.05) is 0 Å². The van der Waals surface area contributed by atoms with Crippen LogP contribution >= 0.6 is 0 Å². The summed E-state index contributed by atoms with van der Waals surface area (Å²) in [5, 5.41) is 0. The normalized spacial score (nSPS) is 0. The van der Waals surface area contributed by atoms with Crippen molar-refractivity contribution in [2.24, 2.45) is 0 Å². The number of halogens is 4. The molecule has 0 atom stereocenters. The smallest absolute Gasteiger partial charge is 1.00 e. The quantitative estimate of drug-likeness (QED) is 0.367. The second-order valence-corrected chi connectivity index (χ2v) is 0. The summed E-state index contributed by atoms with van der Waals surface area (Å²) in [6.45, 7) is 0. The summed E-state index contributed by atoms with van der Waals surface area (Å²) in [6, 6.07) is 0. The third kappa shape index (κ3) is 28.3. The van der Waals surface area contributed by atoms with Gasteiger partial charge in [0, 0.05) is 0 Å². The molecule has 0 heterocycles. The zero-order valence-corrected chi connectivity index (χ0v) is 9.01. The first-order chi connectivity index (χ1) is 0. The second kappa shape index (κ2) is 44.3. The standard InChI is InChI=1S/Ca.4ClH.Mn/h;4*1H;/q+2;;;;;+2/p-4. The van der Waals surface area contributed by atoms with E-state index < -0.39 is 0 Å². The van der Waals surface area contributed by atoms with Crippen LogP contribution in [0.25, 0.3) is 0 Å². The van der Waals surface area contributed by atoms with E-state index in [2.05, 4.69) is 0 Å². The van der Waals surface area contributed by atoms with Gasteiger partial charge in [-0.3, -0.25) is 0 Å². The number of rotatable bonds is 0. The first-order valence-corrected chi connectivity index (χ1v) is 0. The van der Waals surface area contributed by atoms with E-state index in [1.54, 1.807) is 0 Å². The molecule has 6 heavy (non-hydrogen) atoms. The van der Waals surface area contributed by atoms with Gasteiger partial charge in [-0.15, -0.1) is 0 Å². The first-order valence-electron chi connectivity index (χ1n) is 0. The molecule has 0 nitrogen and oxygen atoms in total. The molecule has 0 saturated heterocycles. The molecular formula is CaCl4Mn. The van der Waals surface area contributed by atoms with Gasteiger partial charge in [-0.1, -0.05) is 0 Å². The van der Waals surface area contributed by atoms with Crippen molar-refractivity contribution < 1.29 is 66.7 Å². The molecule has 6 heteroatoms. The molecule has 0 aliphatic carbocycles. The van der Waals surface area contributed by atoms with Gasteiger partial charge < -0.3 is 49.6 Å². The van der Waals surface area contributed by atoms with Gasteiger partial charge in [0.2, 0.25) is 0 Å². The summed E-state index contributed by atoms with van der Waals surface area (Å²) in [5.41, 5.74) is 0.